The van der Waals surface area contributed by atoms with Gasteiger partial charge in [-0.15, -0.1) is 0 Å². The van der Waals surface area contributed by atoms with Gasteiger partial charge in [-0.25, -0.2) is 0 Å². The molecular formula is C26H36F3N5O2. The van der Waals surface area contributed by atoms with Gasteiger partial charge in [0.15, 0.2) is 0 Å². The molecule has 0 saturated carbocycles. The third-order valence-corrected chi connectivity index (χ3v) is 5.69. The van der Waals surface area contributed by atoms with Gasteiger partial charge in [0.25, 0.3) is 0 Å². The number of nitrogens with one attached hydrogen (secondary N) is 2. The van der Waals surface area contributed by atoms with E-state index in [0.717, 1.165) is 43.8 Å². The fraction of sp³-hybridized carbons (Fsp3) is 0.462. The van der Waals surface area contributed by atoms with Gasteiger partial charge in [0.2, 0.25) is 11.8 Å². The summed E-state index contributed by atoms with van der Waals surface area (Å²) in [6.45, 7) is 3.31. The van der Waals surface area contributed by atoms with Crippen LogP contribution in [0.15, 0.2) is 54.6 Å². The summed E-state index contributed by atoms with van der Waals surface area (Å²) in [6, 6.07) is 13.0. The van der Waals surface area contributed by atoms with Crippen LogP contribution in [0.2, 0.25) is 0 Å². The minimum Gasteiger partial charge on any atom is -0.344 e. The van der Waals surface area contributed by atoms with Crippen molar-refractivity contribution in [2.45, 2.75) is 44.3 Å². The number of alkyl halides is 3. The van der Waals surface area contributed by atoms with Gasteiger partial charge >= 0.3 is 6.18 Å². The van der Waals surface area contributed by atoms with Crippen LogP contribution in [0.4, 0.5) is 18.9 Å². The van der Waals surface area contributed by atoms with Crippen LogP contribution >= 0.6 is 0 Å². The quantitative estimate of drug-likeness (QED) is 0.277. The lowest BCUT2D eigenvalue weighted by molar-refractivity contribution is -0.137. The molecule has 36 heavy (non-hydrogen) atoms. The molecular weight excluding hydrogens is 471 g/mol. The van der Waals surface area contributed by atoms with E-state index in [1.165, 1.54) is 12.1 Å². The van der Waals surface area contributed by atoms with Crippen molar-refractivity contribution >= 4 is 17.5 Å². The Balaban J connectivity index is 1.98. The van der Waals surface area contributed by atoms with Gasteiger partial charge in [0, 0.05) is 38.3 Å². The average molecular weight is 508 g/mol. The van der Waals surface area contributed by atoms with Crippen molar-refractivity contribution in [2.75, 3.05) is 38.0 Å². The smallest absolute Gasteiger partial charge is 0.344 e. The molecule has 0 aromatic heterocycles. The maximum absolute atomic E-state index is 13.0. The van der Waals surface area contributed by atoms with Crippen molar-refractivity contribution < 1.29 is 22.8 Å². The van der Waals surface area contributed by atoms with Crippen molar-refractivity contribution in [3.8, 4) is 0 Å². The summed E-state index contributed by atoms with van der Waals surface area (Å²) >= 11 is 0. The summed E-state index contributed by atoms with van der Waals surface area (Å²) in [4.78, 5) is 27.7. The lowest BCUT2D eigenvalue weighted by Gasteiger charge is -2.21. The zero-order chi connectivity index (χ0) is 26.4. The molecule has 0 aliphatic carbocycles. The normalized spacial score (nSPS) is 12.4. The number of unbranched alkanes of at least 4 members (excludes halogenated alkanes) is 1. The Kier molecular flexibility index (Phi) is 12.4. The van der Waals surface area contributed by atoms with Gasteiger partial charge in [-0.1, -0.05) is 36.4 Å². The fourth-order valence-electron chi connectivity index (χ4n) is 3.82. The monoisotopic (exact) mass is 507 g/mol. The first-order chi connectivity index (χ1) is 17.2. The molecule has 2 rings (SSSR count). The SMILES string of the molecule is NCCN(CCN)CCCCC(=O)N[C@H](CCc1ccccc1)C(=O)Nc1cccc(C(F)(F)F)c1. The van der Waals surface area contributed by atoms with Gasteiger partial charge in [-0.05, 0) is 56.0 Å². The number of hydrogen-bond donors (Lipinski definition) is 4. The van der Waals surface area contributed by atoms with Gasteiger partial charge in [0.1, 0.15) is 6.04 Å². The molecule has 2 amide bonds. The summed E-state index contributed by atoms with van der Waals surface area (Å²) in [7, 11) is 0. The highest BCUT2D eigenvalue weighted by Gasteiger charge is 2.30. The summed E-state index contributed by atoms with van der Waals surface area (Å²) in [5.41, 5.74) is 11.4. The Labute approximate surface area is 210 Å². The Hall–Kier alpha value is -2.95. The molecule has 198 valence electrons. The van der Waals surface area contributed by atoms with E-state index in [4.69, 9.17) is 11.5 Å². The second-order valence-corrected chi connectivity index (χ2v) is 8.59. The molecule has 7 nitrogen and oxygen atoms in total. The first-order valence-corrected chi connectivity index (χ1v) is 12.2. The van der Waals surface area contributed by atoms with E-state index < -0.39 is 23.7 Å². The van der Waals surface area contributed by atoms with Crippen LogP contribution in [-0.4, -0.2) is 55.5 Å². The predicted octanol–water partition coefficient (Wildman–Crippen LogP) is 3.15. The molecule has 0 spiro atoms. The van der Waals surface area contributed by atoms with Crippen LogP contribution in [0.25, 0.3) is 0 Å². The average Bonchev–Trinajstić information content (AvgIpc) is 2.85. The number of aryl methyl sites for hydroxylation is 1. The van der Waals surface area contributed by atoms with Gasteiger partial charge in [-0.2, -0.15) is 13.2 Å². The third kappa shape index (κ3) is 10.8. The molecule has 0 bridgehead atoms. The van der Waals surface area contributed by atoms with E-state index in [1.807, 2.05) is 30.3 Å². The number of rotatable bonds is 15. The van der Waals surface area contributed by atoms with E-state index in [1.54, 1.807) is 0 Å². The Morgan fingerprint density at radius 1 is 0.917 bits per heavy atom. The summed E-state index contributed by atoms with van der Waals surface area (Å²) in [5.74, 6) is -0.841. The number of benzene rings is 2. The maximum Gasteiger partial charge on any atom is 0.416 e. The van der Waals surface area contributed by atoms with Crippen molar-refractivity contribution in [1.82, 2.24) is 10.2 Å². The van der Waals surface area contributed by atoms with Crippen LogP contribution in [0.3, 0.4) is 0 Å². The van der Waals surface area contributed by atoms with Gasteiger partial charge < -0.3 is 27.0 Å². The Morgan fingerprint density at radius 3 is 2.25 bits per heavy atom. The number of nitrogens with zero attached hydrogens (tertiary/aromatic N) is 1. The fourth-order valence-corrected chi connectivity index (χ4v) is 3.82. The first kappa shape index (κ1) is 29.3. The number of hydrogen-bond acceptors (Lipinski definition) is 5. The summed E-state index contributed by atoms with van der Waals surface area (Å²) in [6.07, 6.45) is -2.06. The Bertz CT molecular complexity index is 935. The molecule has 0 unspecified atom stereocenters. The highest BCUT2D eigenvalue weighted by molar-refractivity contribution is 5.97. The van der Waals surface area contributed by atoms with Crippen LogP contribution in [0.1, 0.15) is 36.8 Å². The summed E-state index contributed by atoms with van der Waals surface area (Å²) < 4.78 is 39.1. The summed E-state index contributed by atoms with van der Waals surface area (Å²) in [5, 5.41) is 5.29. The minimum absolute atomic E-state index is 0.0219. The van der Waals surface area contributed by atoms with E-state index in [-0.39, 0.29) is 18.0 Å². The van der Waals surface area contributed by atoms with E-state index in [9.17, 15) is 22.8 Å². The van der Waals surface area contributed by atoms with Crippen molar-refractivity contribution in [2.24, 2.45) is 11.5 Å². The zero-order valence-electron chi connectivity index (χ0n) is 20.4. The number of carbonyl (C=O) groups is 2. The predicted molar refractivity (Wildman–Crippen MR) is 135 cm³/mol. The molecule has 2 aromatic rings. The molecule has 6 N–H and O–H groups in total. The van der Waals surface area contributed by atoms with Crippen LogP contribution in [0, 0.1) is 0 Å². The molecule has 10 heteroatoms. The lowest BCUT2D eigenvalue weighted by Crippen LogP contribution is -2.44. The minimum atomic E-state index is -4.52. The molecule has 0 saturated heterocycles. The second-order valence-electron chi connectivity index (χ2n) is 8.59. The number of anilines is 1. The molecule has 2 aromatic carbocycles. The van der Waals surface area contributed by atoms with Gasteiger partial charge in [0.05, 0.1) is 5.56 Å². The molecule has 0 aliphatic rings. The molecule has 0 fully saturated rings. The standard InChI is InChI=1S/C26H36F3N5O2/c27-26(28,29)21-9-6-10-22(19-21)32-25(36)23(13-12-20-7-2-1-3-8-20)33-24(35)11-4-5-16-34(17-14-30)18-15-31/h1-3,6-10,19,23H,4-5,11-18,30-31H2,(H,32,36)(H,33,35)/t23-/m1/s1. The van der Waals surface area contributed by atoms with Crippen molar-refractivity contribution in [3.05, 3.63) is 65.7 Å². The first-order valence-electron chi connectivity index (χ1n) is 12.2. The Morgan fingerprint density at radius 2 is 1.61 bits per heavy atom. The number of carbonyl (C=O) groups excluding carboxylic acids is 2. The highest BCUT2D eigenvalue weighted by Crippen LogP contribution is 2.30. The molecule has 1 atom stereocenters. The number of amides is 2. The van der Waals surface area contributed by atoms with Crippen LogP contribution < -0.4 is 22.1 Å². The van der Waals surface area contributed by atoms with Crippen molar-refractivity contribution in [3.63, 3.8) is 0 Å². The zero-order valence-corrected chi connectivity index (χ0v) is 20.4. The second kappa shape index (κ2) is 15.2. The van der Waals surface area contributed by atoms with Crippen molar-refractivity contribution in [1.29, 1.82) is 0 Å². The van der Waals surface area contributed by atoms with Gasteiger partial charge in [-0.3, -0.25) is 9.59 Å². The largest absolute Gasteiger partial charge is 0.416 e. The highest BCUT2D eigenvalue weighted by atomic mass is 19.4. The van der Waals surface area contributed by atoms with Crippen LogP contribution in [-0.2, 0) is 22.2 Å². The molecule has 0 heterocycles. The lowest BCUT2D eigenvalue weighted by atomic mass is 10.0. The van der Waals surface area contributed by atoms with E-state index >= 15 is 0 Å². The molecule has 0 aliphatic heterocycles. The van der Waals surface area contributed by atoms with E-state index in [0.29, 0.717) is 32.4 Å². The van der Waals surface area contributed by atoms with Crippen LogP contribution in [0.5, 0.6) is 0 Å². The van der Waals surface area contributed by atoms with E-state index in [2.05, 4.69) is 15.5 Å². The topological polar surface area (TPSA) is 113 Å². The number of halogens is 3. The number of nitrogens with two attached hydrogens (primary N) is 2. The maximum atomic E-state index is 13.0. The molecule has 0 radical (unpaired) electrons. The third-order valence-electron chi connectivity index (χ3n) is 5.69.